The molecule has 3 nitrogen and oxygen atoms in total. The third-order valence-electron chi connectivity index (χ3n) is 2.11. The van der Waals surface area contributed by atoms with Gasteiger partial charge in [-0.2, -0.15) is 0 Å². The van der Waals surface area contributed by atoms with Crippen LogP contribution in [0.2, 0.25) is 0 Å². The van der Waals surface area contributed by atoms with Crippen LogP contribution in [-0.4, -0.2) is 12.2 Å². The summed E-state index contributed by atoms with van der Waals surface area (Å²) in [5.41, 5.74) is 5.08. The number of halogens is 1. The van der Waals surface area contributed by atoms with Crippen LogP contribution >= 0.6 is 12.4 Å². The quantitative estimate of drug-likeness (QED) is 0.757. The molecule has 4 heteroatoms. The van der Waals surface area contributed by atoms with Gasteiger partial charge in [-0.05, 0) is 18.6 Å². The molecule has 0 bridgehead atoms. The Morgan fingerprint density at radius 3 is 2.64 bits per heavy atom. The SMILES string of the molecule is CCC(N)(O)c1cccc(OC)c1.Cl. The second-order valence-electron chi connectivity index (χ2n) is 3.01. The molecule has 1 atom stereocenters. The Morgan fingerprint density at radius 2 is 2.14 bits per heavy atom. The van der Waals surface area contributed by atoms with Crippen LogP contribution in [0.25, 0.3) is 0 Å². The summed E-state index contributed by atoms with van der Waals surface area (Å²) in [7, 11) is 1.58. The summed E-state index contributed by atoms with van der Waals surface area (Å²) in [6.45, 7) is 1.83. The van der Waals surface area contributed by atoms with Gasteiger partial charge in [0.25, 0.3) is 0 Å². The van der Waals surface area contributed by atoms with E-state index in [0.717, 1.165) is 0 Å². The third-order valence-corrected chi connectivity index (χ3v) is 2.11. The predicted molar refractivity (Wildman–Crippen MR) is 58.6 cm³/mol. The van der Waals surface area contributed by atoms with E-state index in [0.29, 0.717) is 17.7 Å². The van der Waals surface area contributed by atoms with Crippen molar-refractivity contribution in [1.29, 1.82) is 0 Å². The molecule has 0 aromatic heterocycles. The fraction of sp³-hybridized carbons (Fsp3) is 0.400. The fourth-order valence-electron chi connectivity index (χ4n) is 1.10. The van der Waals surface area contributed by atoms with Crippen molar-refractivity contribution in [2.75, 3.05) is 7.11 Å². The second kappa shape index (κ2) is 5.20. The lowest BCUT2D eigenvalue weighted by atomic mass is 10.0. The Labute approximate surface area is 90.3 Å². The molecule has 0 spiro atoms. The molecule has 0 amide bonds. The molecule has 1 rings (SSSR count). The van der Waals surface area contributed by atoms with Gasteiger partial charge in [-0.1, -0.05) is 19.1 Å². The van der Waals surface area contributed by atoms with E-state index in [1.165, 1.54) is 0 Å². The van der Waals surface area contributed by atoms with Crippen LogP contribution in [0.4, 0.5) is 0 Å². The summed E-state index contributed by atoms with van der Waals surface area (Å²) in [6.07, 6.45) is 0.472. The molecule has 1 aromatic rings. The van der Waals surface area contributed by atoms with Crippen molar-refractivity contribution >= 4 is 12.4 Å². The van der Waals surface area contributed by atoms with Crippen molar-refractivity contribution in [1.82, 2.24) is 0 Å². The first-order valence-corrected chi connectivity index (χ1v) is 4.26. The van der Waals surface area contributed by atoms with Gasteiger partial charge in [-0.3, -0.25) is 5.73 Å². The molecule has 0 aliphatic rings. The molecule has 80 valence electrons. The van der Waals surface area contributed by atoms with Crippen molar-refractivity contribution in [2.45, 2.75) is 19.1 Å². The van der Waals surface area contributed by atoms with E-state index in [2.05, 4.69) is 0 Å². The van der Waals surface area contributed by atoms with Crippen molar-refractivity contribution in [3.05, 3.63) is 29.8 Å². The van der Waals surface area contributed by atoms with Crippen molar-refractivity contribution in [3.8, 4) is 5.75 Å². The second-order valence-corrected chi connectivity index (χ2v) is 3.01. The van der Waals surface area contributed by atoms with Gasteiger partial charge in [0, 0.05) is 5.56 Å². The van der Waals surface area contributed by atoms with Gasteiger partial charge in [0.2, 0.25) is 0 Å². The largest absolute Gasteiger partial charge is 0.497 e. The number of ether oxygens (including phenoxy) is 1. The first-order valence-electron chi connectivity index (χ1n) is 4.26. The zero-order valence-corrected chi connectivity index (χ0v) is 9.17. The van der Waals surface area contributed by atoms with Crippen LogP contribution < -0.4 is 10.5 Å². The molecule has 0 radical (unpaired) electrons. The first-order chi connectivity index (χ1) is 6.10. The average molecular weight is 218 g/mol. The van der Waals surface area contributed by atoms with Gasteiger partial charge < -0.3 is 9.84 Å². The molecule has 0 aliphatic heterocycles. The number of hydrogen-bond donors (Lipinski definition) is 2. The Kier molecular flexibility index (Phi) is 4.91. The van der Waals surface area contributed by atoms with E-state index in [9.17, 15) is 5.11 Å². The highest BCUT2D eigenvalue weighted by atomic mass is 35.5. The molecule has 14 heavy (non-hydrogen) atoms. The van der Waals surface area contributed by atoms with E-state index in [4.69, 9.17) is 10.5 Å². The summed E-state index contributed by atoms with van der Waals surface area (Å²) in [5, 5.41) is 9.74. The maximum atomic E-state index is 9.74. The van der Waals surface area contributed by atoms with E-state index < -0.39 is 5.72 Å². The Balaban J connectivity index is 0.00000169. The predicted octanol–water partition coefficient (Wildman–Crippen LogP) is 1.63. The molecular formula is C10H16ClNO2. The number of aliphatic hydroxyl groups is 1. The van der Waals surface area contributed by atoms with E-state index in [1.807, 2.05) is 19.1 Å². The number of nitrogens with two attached hydrogens (primary N) is 1. The van der Waals surface area contributed by atoms with Crippen LogP contribution in [0.15, 0.2) is 24.3 Å². The number of rotatable bonds is 3. The highest BCUT2D eigenvalue weighted by molar-refractivity contribution is 5.85. The minimum absolute atomic E-state index is 0. The number of hydrogen-bond acceptors (Lipinski definition) is 3. The van der Waals surface area contributed by atoms with Gasteiger partial charge in [-0.15, -0.1) is 12.4 Å². The maximum Gasteiger partial charge on any atom is 0.139 e. The van der Waals surface area contributed by atoms with Crippen molar-refractivity contribution < 1.29 is 9.84 Å². The zero-order valence-electron chi connectivity index (χ0n) is 8.36. The van der Waals surface area contributed by atoms with Gasteiger partial charge in [-0.25, -0.2) is 0 Å². The molecule has 1 unspecified atom stereocenters. The van der Waals surface area contributed by atoms with Crippen LogP contribution in [0, 0.1) is 0 Å². The molecule has 0 saturated heterocycles. The van der Waals surface area contributed by atoms with Crippen molar-refractivity contribution in [2.24, 2.45) is 5.73 Å². The lowest BCUT2D eigenvalue weighted by molar-refractivity contribution is 0.0392. The van der Waals surface area contributed by atoms with Gasteiger partial charge >= 0.3 is 0 Å². The Hall–Kier alpha value is -0.770. The normalized spacial score (nSPS) is 14.0. The molecule has 0 fully saturated rings. The minimum Gasteiger partial charge on any atom is -0.497 e. The van der Waals surface area contributed by atoms with E-state index in [1.54, 1.807) is 19.2 Å². The Morgan fingerprint density at radius 1 is 1.50 bits per heavy atom. The van der Waals surface area contributed by atoms with Crippen LogP contribution in [-0.2, 0) is 5.72 Å². The minimum atomic E-state index is -1.26. The first kappa shape index (κ1) is 13.2. The maximum absolute atomic E-state index is 9.74. The number of benzene rings is 1. The molecule has 3 N–H and O–H groups in total. The third kappa shape index (κ3) is 2.87. The standard InChI is InChI=1S/C10H15NO2.ClH/c1-3-10(11,12)8-5-4-6-9(7-8)13-2;/h4-7,12H,3,11H2,1-2H3;1H. The molecule has 1 aromatic carbocycles. The smallest absolute Gasteiger partial charge is 0.139 e. The highest BCUT2D eigenvalue weighted by Gasteiger charge is 2.20. The monoisotopic (exact) mass is 217 g/mol. The summed E-state index contributed by atoms with van der Waals surface area (Å²) in [4.78, 5) is 0. The lowest BCUT2D eigenvalue weighted by Crippen LogP contribution is -2.35. The fourth-order valence-corrected chi connectivity index (χ4v) is 1.10. The van der Waals surface area contributed by atoms with Crippen LogP contribution in [0.5, 0.6) is 5.75 Å². The average Bonchev–Trinajstić information content (AvgIpc) is 2.18. The van der Waals surface area contributed by atoms with Gasteiger partial charge in [0.05, 0.1) is 7.11 Å². The van der Waals surface area contributed by atoms with Gasteiger partial charge in [0.1, 0.15) is 11.5 Å². The van der Waals surface area contributed by atoms with Gasteiger partial charge in [0.15, 0.2) is 0 Å². The molecule has 0 saturated carbocycles. The summed E-state index contributed by atoms with van der Waals surface area (Å²) in [5.74, 6) is 0.704. The Bertz CT molecular complexity index is 289. The summed E-state index contributed by atoms with van der Waals surface area (Å²) in [6, 6.07) is 7.15. The molecular weight excluding hydrogens is 202 g/mol. The lowest BCUT2D eigenvalue weighted by Gasteiger charge is -2.21. The van der Waals surface area contributed by atoms with E-state index >= 15 is 0 Å². The van der Waals surface area contributed by atoms with Crippen LogP contribution in [0.3, 0.4) is 0 Å². The van der Waals surface area contributed by atoms with Crippen LogP contribution in [0.1, 0.15) is 18.9 Å². The molecule has 0 aliphatic carbocycles. The number of methoxy groups -OCH3 is 1. The zero-order chi connectivity index (χ0) is 9.90. The summed E-state index contributed by atoms with van der Waals surface area (Å²) < 4.78 is 5.03. The summed E-state index contributed by atoms with van der Waals surface area (Å²) >= 11 is 0. The highest BCUT2D eigenvalue weighted by Crippen LogP contribution is 2.22. The van der Waals surface area contributed by atoms with E-state index in [-0.39, 0.29) is 12.4 Å². The molecule has 0 heterocycles. The van der Waals surface area contributed by atoms with Crippen molar-refractivity contribution in [3.63, 3.8) is 0 Å². The topological polar surface area (TPSA) is 55.5 Å².